The number of carbonyl (C=O) groups excluding carboxylic acids is 1. The summed E-state index contributed by atoms with van der Waals surface area (Å²) in [6.07, 6.45) is 3.76. The minimum atomic E-state index is -0.207. The van der Waals surface area contributed by atoms with Crippen molar-refractivity contribution < 1.29 is 15.0 Å². The molecule has 4 heteroatoms. The molecule has 0 atom stereocenters. The Hall–Kier alpha value is -2.75. The SMILES string of the molecule is O=C(/C=C\c1ccc(O)c(O)c1)NCCc1ccccc1. The Morgan fingerprint density at radius 1 is 1.05 bits per heavy atom. The monoisotopic (exact) mass is 283 g/mol. The molecule has 0 aliphatic rings. The molecule has 0 saturated heterocycles. The third-order valence-corrected chi connectivity index (χ3v) is 2.98. The molecule has 0 saturated carbocycles. The van der Waals surface area contributed by atoms with E-state index in [1.165, 1.54) is 23.8 Å². The second-order valence-electron chi connectivity index (χ2n) is 4.61. The first-order valence-corrected chi connectivity index (χ1v) is 6.67. The van der Waals surface area contributed by atoms with Gasteiger partial charge in [-0.3, -0.25) is 4.79 Å². The largest absolute Gasteiger partial charge is 0.504 e. The summed E-state index contributed by atoms with van der Waals surface area (Å²) >= 11 is 0. The van der Waals surface area contributed by atoms with Gasteiger partial charge in [-0.2, -0.15) is 0 Å². The molecule has 21 heavy (non-hydrogen) atoms. The van der Waals surface area contributed by atoms with Crippen LogP contribution in [0.1, 0.15) is 11.1 Å². The van der Waals surface area contributed by atoms with Crippen LogP contribution in [0.2, 0.25) is 0 Å². The van der Waals surface area contributed by atoms with E-state index in [0.717, 1.165) is 6.42 Å². The average molecular weight is 283 g/mol. The van der Waals surface area contributed by atoms with Crippen molar-refractivity contribution in [1.29, 1.82) is 0 Å². The molecule has 0 fully saturated rings. The zero-order chi connectivity index (χ0) is 15.1. The number of rotatable bonds is 5. The van der Waals surface area contributed by atoms with Gasteiger partial charge in [0.2, 0.25) is 5.91 Å². The van der Waals surface area contributed by atoms with Gasteiger partial charge in [0, 0.05) is 12.6 Å². The molecule has 0 radical (unpaired) electrons. The van der Waals surface area contributed by atoms with Gasteiger partial charge in [0.1, 0.15) is 0 Å². The van der Waals surface area contributed by atoms with Gasteiger partial charge < -0.3 is 15.5 Å². The predicted octanol–water partition coefficient (Wildman–Crippen LogP) is 2.47. The maximum absolute atomic E-state index is 11.6. The van der Waals surface area contributed by atoms with Gasteiger partial charge in [0.15, 0.2) is 11.5 Å². The van der Waals surface area contributed by atoms with Crippen LogP contribution < -0.4 is 5.32 Å². The quantitative estimate of drug-likeness (QED) is 0.583. The van der Waals surface area contributed by atoms with Gasteiger partial charge in [-0.25, -0.2) is 0 Å². The van der Waals surface area contributed by atoms with Crippen LogP contribution in [0.4, 0.5) is 0 Å². The fourth-order valence-electron chi connectivity index (χ4n) is 1.85. The highest BCUT2D eigenvalue weighted by molar-refractivity contribution is 5.91. The highest BCUT2D eigenvalue weighted by Crippen LogP contribution is 2.25. The van der Waals surface area contributed by atoms with Gasteiger partial charge in [-0.05, 0) is 35.8 Å². The van der Waals surface area contributed by atoms with Crippen LogP contribution in [0.25, 0.3) is 6.08 Å². The Balaban J connectivity index is 1.81. The van der Waals surface area contributed by atoms with Crippen LogP contribution >= 0.6 is 0 Å². The number of amides is 1. The first-order chi connectivity index (χ1) is 10.1. The molecular weight excluding hydrogens is 266 g/mol. The Bertz CT molecular complexity index is 636. The van der Waals surface area contributed by atoms with Crippen LogP contribution in [-0.2, 0) is 11.2 Å². The van der Waals surface area contributed by atoms with Crippen molar-refractivity contribution in [3.63, 3.8) is 0 Å². The van der Waals surface area contributed by atoms with Crippen molar-refractivity contribution in [1.82, 2.24) is 5.32 Å². The number of nitrogens with one attached hydrogen (secondary N) is 1. The number of benzene rings is 2. The minimum absolute atomic E-state index is 0.181. The van der Waals surface area contributed by atoms with Gasteiger partial charge >= 0.3 is 0 Å². The summed E-state index contributed by atoms with van der Waals surface area (Å²) in [7, 11) is 0. The minimum Gasteiger partial charge on any atom is -0.504 e. The van der Waals surface area contributed by atoms with Crippen molar-refractivity contribution >= 4 is 12.0 Å². The molecule has 2 aromatic rings. The van der Waals surface area contributed by atoms with Crippen LogP contribution in [0.15, 0.2) is 54.6 Å². The zero-order valence-corrected chi connectivity index (χ0v) is 11.5. The van der Waals surface area contributed by atoms with E-state index in [9.17, 15) is 15.0 Å². The van der Waals surface area contributed by atoms with E-state index in [-0.39, 0.29) is 17.4 Å². The molecule has 108 valence electrons. The van der Waals surface area contributed by atoms with Crippen LogP contribution in [0, 0.1) is 0 Å². The first kappa shape index (κ1) is 14.7. The zero-order valence-electron chi connectivity index (χ0n) is 11.5. The smallest absolute Gasteiger partial charge is 0.244 e. The lowest BCUT2D eigenvalue weighted by Gasteiger charge is -2.02. The van der Waals surface area contributed by atoms with Crippen molar-refractivity contribution in [3.8, 4) is 11.5 Å². The van der Waals surface area contributed by atoms with Crippen LogP contribution in [-0.4, -0.2) is 22.7 Å². The van der Waals surface area contributed by atoms with Gasteiger partial charge in [0.25, 0.3) is 0 Å². The van der Waals surface area contributed by atoms with Gasteiger partial charge in [0.05, 0.1) is 0 Å². The lowest BCUT2D eigenvalue weighted by atomic mass is 10.1. The second-order valence-corrected chi connectivity index (χ2v) is 4.61. The molecule has 1 amide bonds. The van der Waals surface area contributed by atoms with Gasteiger partial charge in [-0.1, -0.05) is 36.4 Å². The molecule has 0 aliphatic heterocycles. The van der Waals surface area contributed by atoms with E-state index in [0.29, 0.717) is 12.1 Å². The normalized spacial score (nSPS) is 10.7. The van der Waals surface area contributed by atoms with E-state index in [1.54, 1.807) is 12.1 Å². The van der Waals surface area contributed by atoms with Crippen LogP contribution in [0.3, 0.4) is 0 Å². The van der Waals surface area contributed by atoms with Crippen molar-refractivity contribution in [3.05, 3.63) is 65.7 Å². The molecule has 0 bridgehead atoms. The summed E-state index contributed by atoms with van der Waals surface area (Å²) in [5.41, 5.74) is 1.81. The summed E-state index contributed by atoms with van der Waals surface area (Å²) in [6.45, 7) is 0.564. The average Bonchev–Trinajstić information content (AvgIpc) is 2.49. The molecule has 2 rings (SSSR count). The van der Waals surface area contributed by atoms with Crippen molar-refractivity contribution in [2.75, 3.05) is 6.54 Å². The maximum Gasteiger partial charge on any atom is 0.244 e. The number of phenolic OH excluding ortho intramolecular Hbond substituents is 2. The van der Waals surface area contributed by atoms with Crippen molar-refractivity contribution in [2.45, 2.75) is 6.42 Å². The Labute approximate surface area is 123 Å². The molecule has 0 unspecified atom stereocenters. The molecule has 3 N–H and O–H groups in total. The summed E-state index contributed by atoms with van der Waals surface area (Å²) in [4.78, 5) is 11.6. The highest BCUT2D eigenvalue weighted by Gasteiger charge is 1.99. The van der Waals surface area contributed by atoms with Crippen molar-refractivity contribution in [2.24, 2.45) is 0 Å². The highest BCUT2D eigenvalue weighted by atomic mass is 16.3. The summed E-state index contributed by atoms with van der Waals surface area (Å²) in [6, 6.07) is 14.3. The van der Waals surface area contributed by atoms with E-state index in [1.807, 2.05) is 30.3 Å². The molecule has 2 aromatic carbocycles. The molecule has 0 spiro atoms. The topological polar surface area (TPSA) is 69.6 Å². The number of hydrogen-bond donors (Lipinski definition) is 3. The number of carbonyl (C=O) groups is 1. The van der Waals surface area contributed by atoms with E-state index >= 15 is 0 Å². The summed E-state index contributed by atoms with van der Waals surface area (Å²) in [5, 5.41) is 21.3. The van der Waals surface area contributed by atoms with E-state index < -0.39 is 0 Å². The molecule has 4 nitrogen and oxygen atoms in total. The van der Waals surface area contributed by atoms with E-state index in [4.69, 9.17) is 0 Å². The Morgan fingerprint density at radius 2 is 1.81 bits per heavy atom. The standard InChI is InChI=1S/C17H17NO3/c19-15-8-6-14(12-16(15)20)7-9-17(21)18-11-10-13-4-2-1-3-5-13/h1-9,12,19-20H,10-11H2,(H,18,21)/b9-7-. The summed E-state index contributed by atoms with van der Waals surface area (Å²) in [5.74, 6) is -0.584. The fraction of sp³-hybridized carbons (Fsp3) is 0.118. The second kappa shape index (κ2) is 7.14. The predicted molar refractivity (Wildman–Crippen MR) is 82.0 cm³/mol. The molecule has 0 aromatic heterocycles. The maximum atomic E-state index is 11.6. The molecule has 0 heterocycles. The molecule has 0 aliphatic carbocycles. The van der Waals surface area contributed by atoms with Crippen LogP contribution in [0.5, 0.6) is 11.5 Å². The number of aromatic hydroxyl groups is 2. The van der Waals surface area contributed by atoms with E-state index in [2.05, 4.69) is 5.32 Å². The lowest BCUT2D eigenvalue weighted by molar-refractivity contribution is -0.116. The first-order valence-electron chi connectivity index (χ1n) is 6.67. The Kier molecular flexibility index (Phi) is 4.99. The van der Waals surface area contributed by atoms with Gasteiger partial charge in [-0.15, -0.1) is 0 Å². The molecular formula is C17H17NO3. The summed E-state index contributed by atoms with van der Waals surface area (Å²) < 4.78 is 0. The fourth-order valence-corrected chi connectivity index (χ4v) is 1.85. The third-order valence-electron chi connectivity index (χ3n) is 2.98. The third kappa shape index (κ3) is 4.69. The number of hydrogen-bond acceptors (Lipinski definition) is 3. The lowest BCUT2D eigenvalue weighted by Crippen LogP contribution is -2.23. The number of phenols is 2. The Morgan fingerprint density at radius 3 is 2.52 bits per heavy atom.